The molecule has 1 aromatic heterocycles. The molecule has 0 unspecified atom stereocenters. The maximum atomic E-state index is 12.5. The van der Waals surface area contributed by atoms with Crippen LogP contribution in [0.1, 0.15) is 10.4 Å². The first-order valence-corrected chi connectivity index (χ1v) is 7.91. The van der Waals surface area contributed by atoms with Crippen LogP contribution in [0.2, 0.25) is 0 Å². The average molecular weight is 324 g/mol. The topological polar surface area (TPSA) is 56.8 Å². The third kappa shape index (κ3) is 3.37. The third-order valence-corrected chi connectivity index (χ3v) is 4.30. The Morgan fingerprint density at radius 2 is 1.58 bits per heavy atom. The zero-order chi connectivity index (χ0) is 16.9. The summed E-state index contributed by atoms with van der Waals surface area (Å²) in [5, 5.41) is 0. The first-order valence-electron chi connectivity index (χ1n) is 7.91. The predicted octanol–water partition coefficient (Wildman–Crippen LogP) is 1.76. The largest absolute Gasteiger partial charge is 0.345 e. The second kappa shape index (κ2) is 7.12. The zero-order valence-corrected chi connectivity index (χ0v) is 13.6. The van der Waals surface area contributed by atoms with Crippen molar-refractivity contribution in [1.82, 2.24) is 14.8 Å². The number of aromatic nitrogens is 1. The van der Waals surface area contributed by atoms with Gasteiger partial charge in [-0.15, -0.1) is 0 Å². The number of pyridine rings is 1. The molecule has 2 heterocycles. The number of piperazine rings is 1. The number of nitrogens with zero attached hydrogens (tertiary/aromatic N) is 4. The first kappa shape index (κ1) is 16.0. The highest BCUT2D eigenvalue weighted by Crippen LogP contribution is 2.23. The van der Waals surface area contributed by atoms with Crippen molar-refractivity contribution < 1.29 is 9.59 Å². The van der Waals surface area contributed by atoms with Gasteiger partial charge in [0.1, 0.15) is 0 Å². The Labute approximate surface area is 141 Å². The van der Waals surface area contributed by atoms with E-state index >= 15 is 0 Å². The monoisotopic (exact) mass is 324 g/mol. The number of hydrogen-bond acceptors (Lipinski definition) is 4. The second-order valence-electron chi connectivity index (χ2n) is 5.74. The van der Waals surface area contributed by atoms with E-state index in [9.17, 15) is 9.59 Å². The highest BCUT2D eigenvalue weighted by Gasteiger charge is 2.21. The Morgan fingerprint density at radius 3 is 2.17 bits per heavy atom. The van der Waals surface area contributed by atoms with E-state index < -0.39 is 0 Å². The van der Waals surface area contributed by atoms with Crippen molar-refractivity contribution >= 4 is 23.7 Å². The molecule has 1 aliphatic rings. The van der Waals surface area contributed by atoms with Gasteiger partial charge in [-0.3, -0.25) is 14.6 Å². The molecule has 0 saturated carbocycles. The summed E-state index contributed by atoms with van der Waals surface area (Å²) in [7, 11) is 1.98. The van der Waals surface area contributed by atoms with Gasteiger partial charge in [-0.2, -0.15) is 0 Å². The molecule has 24 heavy (non-hydrogen) atoms. The Hall–Kier alpha value is -2.89. The summed E-state index contributed by atoms with van der Waals surface area (Å²) in [6, 6.07) is 11.4. The van der Waals surface area contributed by atoms with Crippen molar-refractivity contribution in [2.45, 2.75) is 0 Å². The number of carbonyl (C=O) groups excluding carboxylic acids is 2. The molecule has 6 heteroatoms. The van der Waals surface area contributed by atoms with Crippen LogP contribution >= 0.6 is 0 Å². The van der Waals surface area contributed by atoms with Crippen LogP contribution in [0.15, 0.2) is 48.8 Å². The maximum Gasteiger partial charge on any atom is 0.253 e. The molecule has 1 fully saturated rings. The SMILES string of the molecule is CN(c1ccncc1)c1ccc(C(=O)N2CCN(C=O)CC2)cc1. The molecule has 2 amide bonds. The molecule has 0 spiro atoms. The molecule has 0 N–H and O–H groups in total. The van der Waals surface area contributed by atoms with Crippen molar-refractivity contribution in [2.75, 3.05) is 38.1 Å². The van der Waals surface area contributed by atoms with Gasteiger partial charge >= 0.3 is 0 Å². The molecule has 1 saturated heterocycles. The van der Waals surface area contributed by atoms with Crippen LogP contribution < -0.4 is 4.90 Å². The van der Waals surface area contributed by atoms with E-state index in [1.165, 1.54) is 0 Å². The number of carbonyl (C=O) groups is 2. The van der Waals surface area contributed by atoms with Gasteiger partial charge < -0.3 is 14.7 Å². The lowest BCUT2D eigenvalue weighted by molar-refractivity contribution is -0.119. The second-order valence-corrected chi connectivity index (χ2v) is 5.74. The van der Waals surface area contributed by atoms with E-state index in [0.29, 0.717) is 31.7 Å². The Bertz CT molecular complexity index is 695. The minimum absolute atomic E-state index is 0.0127. The van der Waals surface area contributed by atoms with Crippen LogP contribution in [0.3, 0.4) is 0 Å². The number of hydrogen-bond donors (Lipinski definition) is 0. The fraction of sp³-hybridized carbons (Fsp3) is 0.278. The molecular formula is C18H20N4O2. The average Bonchev–Trinajstić information content (AvgIpc) is 2.68. The van der Waals surface area contributed by atoms with Gasteiger partial charge in [0.2, 0.25) is 6.41 Å². The number of benzene rings is 1. The highest BCUT2D eigenvalue weighted by molar-refractivity contribution is 5.94. The maximum absolute atomic E-state index is 12.5. The molecule has 2 aromatic rings. The molecule has 6 nitrogen and oxygen atoms in total. The Balaban J connectivity index is 1.68. The Morgan fingerprint density at radius 1 is 1.00 bits per heavy atom. The summed E-state index contributed by atoms with van der Waals surface area (Å²) in [4.78, 5) is 32.8. The number of anilines is 2. The third-order valence-electron chi connectivity index (χ3n) is 4.30. The van der Waals surface area contributed by atoms with Crippen LogP contribution in [0, 0.1) is 0 Å². The summed E-state index contributed by atoms with van der Waals surface area (Å²) in [6.07, 6.45) is 4.34. The van der Waals surface area contributed by atoms with E-state index in [1.54, 1.807) is 22.2 Å². The summed E-state index contributed by atoms with van der Waals surface area (Å²) in [5.74, 6) is 0.0127. The van der Waals surface area contributed by atoms with Crippen LogP contribution in [-0.4, -0.2) is 60.3 Å². The minimum atomic E-state index is 0.0127. The molecule has 124 valence electrons. The van der Waals surface area contributed by atoms with Gasteiger partial charge in [-0.25, -0.2) is 0 Å². The molecule has 0 radical (unpaired) electrons. The first-order chi connectivity index (χ1) is 11.7. The van der Waals surface area contributed by atoms with Crippen LogP contribution in [0.25, 0.3) is 0 Å². The summed E-state index contributed by atoms with van der Waals surface area (Å²) >= 11 is 0. The molecule has 1 aliphatic heterocycles. The van der Waals surface area contributed by atoms with Gasteiger partial charge in [-0.1, -0.05) is 0 Å². The number of amides is 2. The Kier molecular flexibility index (Phi) is 4.74. The normalized spacial score (nSPS) is 14.4. The minimum Gasteiger partial charge on any atom is -0.345 e. The molecular weight excluding hydrogens is 304 g/mol. The summed E-state index contributed by atoms with van der Waals surface area (Å²) in [5.41, 5.74) is 2.71. The van der Waals surface area contributed by atoms with Gasteiger partial charge in [0, 0.05) is 62.6 Å². The molecule has 0 atom stereocenters. The lowest BCUT2D eigenvalue weighted by Gasteiger charge is -2.32. The van der Waals surface area contributed by atoms with E-state index in [-0.39, 0.29) is 5.91 Å². The van der Waals surface area contributed by atoms with Crippen LogP contribution in [-0.2, 0) is 4.79 Å². The van der Waals surface area contributed by atoms with Gasteiger partial charge in [0.15, 0.2) is 0 Å². The van der Waals surface area contributed by atoms with E-state index in [0.717, 1.165) is 17.8 Å². The van der Waals surface area contributed by atoms with Gasteiger partial charge in [0.05, 0.1) is 0 Å². The summed E-state index contributed by atoms with van der Waals surface area (Å²) in [6.45, 7) is 2.35. The molecule has 0 bridgehead atoms. The van der Waals surface area contributed by atoms with Gasteiger partial charge in [0.25, 0.3) is 5.91 Å². The molecule has 0 aliphatic carbocycles. The van der Waals surface area contributed by atoms with E-state index in [4.69, 9.17) is 0 Å². The van der Waals surface area contributed by atoms with Crippen molar-refractivity contribution in [3.05, 3.63) is 54.4 Å². The summed E-state index contributed by atoms with van der Waals surface area (Å²) < 4.78 is 0. The van der Waals surface area contributed by atoms with E-state index in [2.05, 4.69) is 4.98 Å². The molecule has 3 rings (SSSR count). The standard InChI is InChI=1S/C18H20N4O2/c1-20(17-6-8-19-9-7-17)16-4-2-15(3-5-16)18(24)22-12-10-21(14-23)11-13-22/h2-9,14H,10-13H2,1H3. The highest BCUT2D eigenvalue weighted by atomic mass is 16.2. The zero-order valence-electron chi connectivity index (χ0n) is 13.6. The lowest BCUT2D eigenvalue weighted by atomic mass is 10.1. The van der Waals surface area contributed by atoms with Crippen molar-refractivity contribution in [2.24, 2.45) is 0 Å². The molecule has 1 aromatic carbocycles. The van der Waals surface area contributed by atoms with Crippen molar-refractivity contribution in [3.63, 3.8) is 0 Å². The predicted molar refractivity (Wildman–Crippen MR) is 92.3 cm³/mol. The lowest BCUT2D eigenvalue weighted by Crippen LogP contribution is -2.48. The fourth-order valence-corrected chi connectivity index (χ4v) is 2.76. The van der Waals surface area contributed by atoms with E-state index in [1.807, 2.05) is 48.3 Å². The quantitative estimate of drug-likeness (QED) is 0.804. The van der Waals surface area contributed by atoms with Crippen molar-refractivity contribution in [1.29, 1.82) is 0 Å². The smallest absolute Gasteiger partial charge is 0.253 e. The van der Waals surface area contributed by atoms with Crippen molar-refractivity contribution in [3.8, 4) is 0 Å². The van der Waals surface area contributed by atoms with Gasteiger partial charge in [-0.05, 0) is 36.4 Å². The number of rotatable bonds is 4. The van der Waals surface area contributed by atoms with Crippen LogP contribution in [0.5, 0.6) is 0 Å². The van der Waals surface area contributed by atoms with Crippen LogP contribution in [0.4, 0.5) is 11.4 Å². The fourth-order valence-electron chi connectivity index (χ4n) is 2.76.